The molecular formula is C28H17NO2S. The van der Waals surface area contributed by atoms with Gasteiger partial charge in [0.1, 0.15) is 0 Å². The fourth-order valence-electron chi connectivity index (χ4n) is 4.27. The van der Waals surface area contributed by atoms with Crippen LogP contribution >= 0.6 is 11.8 Å². The second-order valence-corrected chi connectivity index (χ2v) is 8.81. The van der Waals surface area contributed by atoms with E-state index in [2.05, 4.69) is 41.3 Å². The molecule has 0 N–H and O–H groups in total. The van der Waals surface area contributed by atoms with Crippen LogP contribution < -0.4 is 4.90 Å². The number of Topliss-reactive ketones (excluding diaryl/α,β-unsaturated/α-hetero) is 2. The number of anilines is 3. The van der Waals surface area contributed by atoms with Crippen LogP contribution in [0.5, 0.6) is 0 Å². The first kappa shape index (κ1) is 18.8. The Bertz CT molecular complexity index is 1350. The van der Waals surface area contributed by atoms with E-state index < -0.39 is 0 Å². The predicted molar refractivity (Wildman–Crippen MR) is 128 cm³/mol. The number of carbonyl (C=O) groups excluding carboxylic acids is 2. The summed E-state index contributed by atoms with van der Waals surface area (Å²) in [7, 11) is 0. The quantitative estimate of drug-likeness (QED) is 0.221. The average molecular weight is 432 g/mol. The molecule has 0 saturated heterocycles. The zero-order chi connectivity index (χ0) is 21.7. The van der Waals surface area contributed by atoms with Crippen molar-refractivity contribution in [3.63, 3.8) is 0 Å². The monoisotopic (exact) mass is 431 g/mol. The van der Waals surface area contributed by atoms with Crippen LogP contribution in [0.15, 0.2) is 112 Å². The lowest BCUT2D eigenvalue weighted by Crippen LogP contribution is -2.14. The second-order valence-electron chi connectivity index (χ2n) is 7.73. The summed E-state index contributed by atoms with van der Waals surface area (Å²) in [5, 5.41) is 0. The number of nitrogens with zero attached hydrogens (tertiary/aromatic N) is 1. The number of hydrogen-bond acceptors (Lipinski definition) is 4. The van der Waals surface area contributed by atoms with Crippen molar-refractivity contribution in [1.29, 1.82) is 0 Å². The largest absolute Gasteiger partial charge is 0.308 e. The van der Waals surface area contributed by atoms with Gasteiger partial charge < -0.3 is 4.90 Å². The van der Waals surface area contributed by atoms with E-state index in [9.17, 15) is 9.59 Å². The van der Waals surface area contributed by atoms with Gasteiger partial charge in [-0.25, -0.2) is 0 Å². The lowest BCUT2D eigenvalue weighted by Gasteiger charge is -2.32. The minimum atomic E-state index is -0.203. The number of allylic oxidation sites excluding steroid dienone is 1. The Hall–Kier alpha value is -3.89. The van der Waals surface area contributed by atoms with Crippen LogP contribution in [-0.2, 0) is 0 Å². The highest BCUT2D eigenvalue weighted by Gasteiger charge is 2.32. The van der Waals surface area contributed by atoms with Crippen LogP contribution in [0.2, 0.25) is 0 Å². The van der Waals surface area contributed by atoms with Crippen molar-refractivity contribution in [1.82, 2.24) is 0 Å². The summed E-state index contributed by atoms with van der Waals surface area (Å²) < 4.78 is 0. The molecule has 0 spiro atoms. The van der Waals surface area contributed by atoms with E-state index >= 15 is 0 Å². The zero-order valence-electron chi connectivity index (χ0n) is 17.0. The molecule has 4 heteroatoms. The predicted octanol–water partition coefficient (Wildman–Crippen LogP) is 7.08. The Morgan fingerprint density at radius 1 is 0.594 bits per heavy atom. The summed E-state index contributed by atoms with van der Waals surface area (Å²) >= 11 is 1.77. The Kier molecular flexibility index (Phi) is 4.33. The summed E-state index contributed by atoms with van der Waals surface area (Å²) in [4.78, 5) is 30.1. The lowest BCUT2D eigenvalue weighted by molar-refractivity contribution is 0.0990. The SMILES string of the molecule is O=C1C(=Cc2ccc(N3c4ccccc4Sc4ccccc43)cc2)C(=O)c2ccccc21. The smallest absolute Gasteiger partial charge is 0.197 e. The molecule has 4 aromatic rings. The van der Waals surface area contributed by atoms with Gasteiger partial charge in [0.05, 0.1) is 16.9 Å². The van der Waals surface area contributed by atoms with E-state index in [0.29, 0.717) is 11.1 Å². The topological polar surface area (TPSA) is 37.4 Å². The van der Waals surface area contributed by atoms with Crippen LogP contribution in [-0.4, -0.2) is 11.6 Å². The van der Waals surface area contributed by atoms with Gasteiger partial charge >= 0.3 is 0 Å². The van der Waals surface area contributed by atoms with Gasteiger partial charge in [0, 0.05) is 26.6 Å². The first-order valence-corrected chi connectivity index (χ1v) is 11.2. The van der Waals surface area contributed by atoms with Gasteiger partial charge in [-0.15, -0.1) is 0 Å². The van der Waals surface area contributed by atoms with Gasteiger partial charge in [-0.05, 0) is 48.0 Å². The number of hydrogen-bond donors (Lipinski definition) is 0. The first-order valence-electron chi connectivity index (χ1n) is 10.4. The number of benzene rings is 4. The van der Waals surface area contributed by atoms with E-state index in [0.717, 1.165) is 22.6 Å². The summed E-state index contributed by atoms with van der Waals surface area (Å²) in [5.74, 6) is -0.406. The molecular weight excluding hydrogens is 414 g/mol. The molecule has 3 nitrogen and oxygen atoms in total. The molecule has 0 radical (unpaired) electrons. The summed E-state index contributed by atoms with van der Waals surface area (Å²) in [6.45, 7) is 0. The summed E-state index contributed by atoms with van der Waals surface area (Å²) in [5.41, 5.74) is 5.33. The number of ketones is 2. The Morgan fingerprint density at radius 3 is 1.66 bits per heavy atom. The molecule has 6 rings (SSSR count). The van der Waals surface area contributed by atoms with Crippen molar-refractivity contribution in [2.75, 3.05) is 4.90 Å². The molecule has 0 atom stereocenters. The molecule has 0 amide bonds. The molecule has 1 aliphatic heterocycles. The van der Waals surface area contributed by atoms with E-state index in [-0.39, 0.29) is 17.1 Å². The maximum atomic E-state index is 12.7. The highest BCUT2D eigenvalue weighted by molar-refractivity contribution is 7.99. The number of fused-ring (bicyclic) bond motifs is 3. The molecule has 32 heavy (non-hydrogen) atoms. The third-order valence-electron chi connectivity index (χ3n) is 5.80. The van der Waals surface area contributed by atoms with E-state index in [1.54, 1.807) is 42.1 Å². The van der Waals surface area contributed by atoms with Crippen LogP contribution in [0, 0.1) is 0 Å². The molecule has 2 aliphatic rings. The van der Waals surface area contributed by atoms with Gasteiger partial charge in [0.25, 0.3) is 0 Å². The molecule has 1 aliphatic carbocycles. The third kappa shape index (κ3) is 2.92. The van der Waals surface area contributed by atoms with E-state index in [1.807, 2.05) is 36.4 Å². The van der Waals surface area contributed by atoms with E-state index in [1.165, 1.54) is 9.79 Å². The van der Waals surface area contributed by atoms with Gasteiger partial charge in [-0.2, -0.15) is 0 Å². The maximum absolute atomic E-state index is 12.7. The minimum absolute atomic E-state index is 0.203. The van der Waals surface area contributed by atoms with Gasteiger partial charge in [-0.1, -0.05) is 72.4 Å². The second kappa shape index (κ2) is 7.36. The van der Waals surface area contributed by atoms with Gasteiger partial charge in [0.15, 0.2) is 11.6 Å². The van der Waals surface area contributed by atoms with Crippen molar-refractivity contribution >= 4 is 46.5 Å². The summed E-state index contributed by atoms with van der Waals surface area (Å²) in [6.07, 6.45) is 1.70. The van der Waals surface area contributed by atoms with Crippen molar-refractivity contribution in [2.45, 2.75) is 9.79 Å². The molecule has 152 valence electrons. The van der Waals surface area contributed by atoms with Crippen LogP contribution in [0.1, 0.15) is 26.3 Å². The lowest BCUT2D eigenvalue weighted by atomic mass is 10.1. The van der Waals surface area contributed by atoms with Crippen LogP contribution in [0.25, 0.3) is 6.08 Å². The zero-order valence-corrected chi connectivity index (χ0v) is 17.8. The minimum Gasteiger partial charge on any atom is -0.308 e. The van der Waals surface area contributed by atoms with Crippen LogP contribution in [0.4, 0.5) is 17.1 Å². The summed E-state index contributed by atoms with van der Waals surface area (Å²) in [6, 6.07) is 31.7. The highest BCUT2D eigenvalue weighted by atomic mass is 32.2. The average Bonchev–Trinajstić information content (AvgIpc) is 3.08. The number of para-hydroxylation sites is 2. The molecule has 0 fully saturated rings. The first-order chi connectivity index (χ1) is 15.7. The Balaban J connectivity index is 1.39. The molecule has 0 saturated carbocycles. The normalized spacial score (nSPS) is 14.1. The van der Waals surface area contributed by atoms with Crippen molar-refractivity contribution in [3.8, 4) is 0 Å². The highest BCUT2D eigenvalue weighted by Crippen LogP contribution is 2.51. The van der Waals surface area contributed by atoms with Crippen molar-refractivity contribution in [3.05, 3.63) is 119 Å². The van der Waals surface area contributed by atoms with Gasteiger partial charge in [0.2, 0.25) is 0 Å². The molecule has 4 aromatic carbocycles. The van der Waals surface area contributed by atoms with Crippen molar-refractivity contribution < 1.29 is 9.59 Å². The van der Waals surface area contributed by atoms with E-state index in [4.69, 9.17) is 0 Å². The third-order valence-corrected chi connectivity index (χ3v) is 6.93. The molecule has 0 bridgehead atoms. The molecule has 0 unspecified atom stereocenters. The molecule has 0 aromatic heterocycles. The Morgan fingerprint density at radius 2 is 1.09 bits per heavy atom. The van der Waals surface area contributed by atoms with Crippen molar-refractivity contribution in [2.24, 2.45) is 0 Å². The molecule has 1 heterocycles. The fraction of sp³-hybridized carbons (Fsp3) is 0. The van der Waals surface area contributed by atoms with Crippen LogP contribution in [0.3, 0.4) is 0 Å². The van der Waals surface area contributed by atoms with Gasteiger partial charge in [-0.3, -0.25) is 9.59 Å². The number of carbonyl (C=O) groups is 2. The standard InChI is InChI=1S/C28H17NO2S/c30-27-20-7-1-2-8-21(20)28(31)22(27)17-18-13-15-19(16-14-18)29-23-9-3-5-11-25(23)32-26-12-6-4-10-24(26)29/h1-17H. The fourth-order valence-corrected chi connectivity index (χ4v) is 5.33. The Labute approximate surface area is 190 Å². The maximum Gasteiger partial charge on any atom is 0.197 e. The number of rotatable bonds is 2.